The van der Waals surface area contributed by atoms with Crippen LogP contribution in [0.15, 0.2) is 0 Å². The van der Waals surface area contributed by atoms with E-state index in [9.17, 15) is 0 Å². The molecular formula is C11H20O2. The SMILES string of the molecule is CC1(COCC2CO2)CCCCC1. The summed E-state index contributed by atoms with van der Waals surface area (Å²) < 4.78 is 10.8. The summed E-state index contributed by atoms with van der Waals surface area (Å²) in [6.07, 6.45) is 7.31. The summed E-state index contributed by atoms with van der Waals surface area (Å²) in [5.41, 5.74) is 0.465. The van der Waals surface area contributed by atoms with Crippen molar-refractivity contribution in [1.82, 2.24) is 0 Å². The van der Waals surface area contributed by atoms with Crippen molar-refractivity contribution < 1.29 is 9.47 Å². The maximum Gasteiger partial charge on any atom is 0.104 e. The Morgan fingerprint density at radius 2 is 2.00 bits per heavy atom. The first kappa shape index (κ1) is 9.47. The molecule has 1 atom stereocenters. The highest BCUT2D eigenvalue weighted by Gasteiger charge is 2.29. The van der Waals surface area contributed by atoms with E-state index in [2.05, 4.69) is 6.92 Å². The first-order chi connectivity index (χ1) is 6.29. The van der Waals surface area contributed by atoms with E-state index in [0.29, 0.717) is 11.5 Å². The van der Waals surface area contributed by atoms with E-state index in [1.807, 2.05) is 0 Å². The van der Waals surface area contributed by atoms with Gasteiger partial charge in [0.05, 0.1) is 19.8 Å². The Morgan fingerprint density at radius 1 is 1.31 bits per heavy atom. The van der Waals surface area contributed by atoms with Crippen LogP contribution >= 0.6 is 0 Å². The molecule has 1 aliphatic heterocycles. The smallest absolute Gasteiger partial charge is 0.104 e. The zero-order valence-corrected chi connectivity index (χ0v) is 8.55. The van der Waals surface area contributed by atoms with E-state index >= 15 is 0 Å². The van der Waals surface area contributed by atoms with Gasteiger partial charge in [0.1, 0.15) is 6.10 Å². The molecule has 0 radical (unpaired) electrons. The first-order valence-corrected chi connectivity index (χ1v) is 5.48. The van der Waals surface area contributed by atoms with Crippen LogP contribution in [0.25, 0.3) is 0 Å². The van der Waals surface area contributed by atoms with Gasteiger partial charge in [0, 0.05) is 0 Å². The first-order valence-electron chi connectivity index (χ1n) is 5.48. The predicted octanol–water partition coefficient (Wildman–Crippen LogP) is 2.37. The van der Waals surface area contributed by atoms with E-state index < -0.39 is 0 Å². The highest BCUT2D eigenvalue weighted by Crippen LogP contribution is 2.35. The number of hydrogen-bond donors (Lipinski definition) is 0. The maximum atomic E-state index is 5.68. The number of hydrogen-bond acceptors (Lipinski definition) is 2. The second-order valence-corrected chi connectivity index (χ2v) is 4.84. The maximum absolute atomic E-state index is 5.68. The van der Waals surface area contributed by atoms with E-state index in [1.54, 1.807) is 0 Å². The second kappa shape index (κ2) is 3.97. The third-order valence-electron chi connectivity index (χ3n) is 3.22. The molecule has 0 aromatic carbocycles. The van der Waals surface area contributed by atoms with Crippen molar-refractivity contribution in [1.29, 1.82) is 0 Å². The largest absolute Gasteiger partial charge is 0.378 e. The minimum absolute atomic E-state index is 0.423. The van der Waals surface area contributed by atoms with Crippen LogP contribution < -0.4 is 0 Å². The van der Waals surface area contributed by atoms with E-state index in [-0.39, 0.29) is 0 Å². The van der Waals surface area contributed by atoms with Gasteiger partial charge in [-0.2, -0.15) is 0 Å². The van der Waals surface area contributed by atoms with Crippen LogP contribution in [0.2, 0.25) is 0 Å². The Labute approximate surface area is 80.6 Å². The van der Waals surface area contributed by atoms with Crippen LogP contribution in [0.1, 0.15) is 39.0 Å². The van der Waals surface area contributed by atoms with Crippen molar-refractivity contribution in [2.75, 3.05) is 19.8 Å². The molecule has 1 unspecified atom stereocenters. The molecule has 0 amide bonds. The summed E-state index contributed by atoms with van der Waals surface area (Å²) in [6.45, 7) is 5.03. The average Bonchev–Trinajstić information content (AvgIpc) is 2.89. The highest BCUT2D eigenvalue weighted by atomic mass is 16.6. The van der Waals surface area contributed by atoms with Gasteiger partial charge in [-0.05, 0) is 18.3 Å². The summed E-state index contributed by atoms with van der Waals surface area (Å²) in [7, 11) is 0. The molecule has 2 aliphatic rings. The quantitative estimate of drug-likeness (QED) is 0.626. The molecule has 0 N–H and O–H groups in total. The molecule has 1 saturated carbocycles. The van der Waals surface area contributed by atoms with Gasteiger partial charge >= 0.3 is 0 Å². The van der Waals surface area contributed by atoms with Gasteiger partial charge in [-0.3, -0.25) is 0 Å². The lowest BCUT2D eigenvalue weighted by atomic mass is 9.76. The molecule has 2 fully saturated rings. The molecular weight excluding hydrogens is 164 g/mol. The van der Waals surface area contributed by atoms with Crippen LogP contribution in [0.3, 0.4) is 0 Å². The van der Waals surface area contributed by atoms with Crippen LogP contribution in [0.4, 0.5) is 0 Å². The van der Waals surface area contributed by atoms with Crippen molar-refractivity contribution in [2.45, 2.75) is 45.1 Å². The van der Waals surface area contributed by atoms with Gasteiger partial charge in [0.25, 0.3) is 0 Å². The van der Waals surface area contributed by atoms with Gasteiger partial charge in [-0.25, -0.2) is 0 Å². The monoisotopic (exact) mass is 184 g/mol. The topological polar surface area (TPSA) is 21.8 Å². The normalized spacial score (nSPS) is 31.6. The molecule has 0 aromatic heterocycles. The molecule has 2 nitrogen and oxygen atoms in total. The van der Waals surface area contributed by atoms with Crippen LogP contribution in [-0.4, -0.2) is 25.9 Å². The molecule has 76 valence electrons. The van der Waals surface area contributed by atoms with Gasteiger partial charge in [0.15, 0.2) is 0 Å². The van der Waals surface area contributed by atoms with E-state index in [4.69, 9.17) is 9.47 Å². The number of ether oxygens (including phenoxy) is 2. The fourth-order valence-corrected chi connectivity index (χ4v) is 2.15. The summed E-state index contributed by atoms with van der Waals surface area (Å²) in [5, 5.41) is 0. The average molecular weight is 184 g/mol. The molecule has 2 heteroatoms. The summed E-state index contributed by atoms with van der Waals surface area (Å²) in [6, 6.07) is 0. The zero-order valence-electron chi connectivity index (χ0n) is 8.55. The van der Waals surface area contributed by atoms with Crippen LogP contribution in [0.5, 0.6) is 0 Å². The van der Waals surface area contributed by atoms with Crippen molar-refractivity contribution in [3.05, 3.63) is 0 Å². The van der Waals surface area contributed by atoms with Crippen LogP contribution in [-0.2, 0) is 9.47 Å². The predicted molar refractivity (Wildman–Crippen MR) is 51.8 cm³/mol. The lowest BCUT2D eigenvalue weighted by Crippen LogP contribution is -2.26. The summed E-state index contributed by atoms with van der Waals surface area (Å²) in [4.78, 5) is 0. The summed E-state index contributed by atoms with van der Waals surface area (Å²) >= 11 is 0. The standard InChI is InChI=1S/C11H20O2/c1-11(5-3-2-4-6-11)9-12-7-10-8-13-10/h10H,2-9H2,1H3. The molecule has 13 heavy (non-hydrogen) atoms. The molecule has 0 bridgehead atoms. The Morgan fingerprint density at radius 3 is 2.62 bits per heavy atom. The molecule has 1 saturated heterocycles. The van der Waals surface area contributed by atoms with Gasteiger partial charge in [0.2, 0.25) is 0 Å². The lowest BCUT2D eigenvalue weighted by Gasteiger charge is -2.33. The second-order valence-electron chi connectivity index (χ2n) is 4.84. The van der Waals surface area contributed by atoms with Gasteiger partial charge in [-0.15, -0.1) is 0 Å². The number of epoxide rings is 1. The molecule has 0 spiro atoms. The Bertz CT molecular complexity index is 157. The fraction of sp³-hybridized carbons (Fsp3) is 1.00. The Hall–Kier alpha value is -0.0800. The Balaban J connectivity index is 1.64. The zero-order chi connectivity index (χ0) is 9.15. The Kier molecular flexibility index (Phi) is 2.89. The lowest BCUT2D eigenvalue weighted by molar-refractivity contribution is 0.0245. The summed E-state index contributed by atoms with van der Waals surface area (Å²) in [5.74, 6) is 0. The van der Waals surface area contributed by atoms with Crippen molar-refractivity contribution in [3.8, 4) is 0 Å². The minimum Gasteiger partial charge on any atom is -0.378 e. The van der Waals surface area contributed by atoms with Crippen molar-refractivity contribution in [3.63, 3.8) is 0 Å². The minimum atomic E-state index is 0.423. The molecule has 2 rings (SSSR count). The van der Waals surface area contributed by atoms with Crippen molar-refractivity contribution >= 4 is 0 Å². The molecule has 1 aliphatic carbocycles. The molecule has 1 heterocycles. The number of rotatable bonds is 4. The third-order valence-corrected chi connectivity index (χ3v) is 3.22. The van der Waals surface area contributed by atoms with Crippen molar-refractivity contribution in [2.24, 2.45) is 5.41 Å². The van der Waals surface area contributed by atoms with Gasteiger partial charge < -0.3 is 9.47 Å². The highest BCUT2D eigenvalue weighted by molar-refractivity contribution is 4.78. The van der Waals surface area contributed by atoms with Gasteiger partial charge in [-0.1, -0.05) is 26.2 Å². The van der Waals surface area contributed by atoms with E-state index in [1.165, 1.54) is 32.1 Å². The fourth-order valence-electron chi connectivity index (χ4n) is 2.15. The molecule has 0 aromatic rings. The van der Waals surface area contributed by atoms with Crippen LogP contribution in [0, 0.1) is 5.41 Å². The van der Waals surface area contributed by atoms with E-state index in [0.717, 1.165) is 19.8 Å². The third kappa shape index (κ3) is 2.96.